The lowest BCUT2D eigenvalue weighted by atomic mass is 9.80. The van der Waals surface area contributed by atoms with Crippen LogP contribution in [0.25, 0.3) is 10.8 Å². The van der Waals surface area contributed by atoms with E-state index in [0.717, 1.165) is 31.4 Å². The molecule has 0 radical (unpaired) electrons. The van der Waals surface area contributed by atoms with Crippen LogP contribution in [-0.2, 0) is 18.4 Å². The molecule has 2 atom stereocenters. The number of pyridine rings is 1. The van der Waals surface area contributed by atoms with Gasteiger partial charge in [0.25, 0.3) is 5.56 Å². The molecule has 5 nitrogen and oxygen atoms in total. The van der Waals surface area contributed by atoms with Gasteiger partial charge in [-0.2, -0.15) is 0 Å². The summed E-state index contributed by atoms with van der Waals surface area (Å²) in [4.78, 5) is 28.2. The van der Waals surface area contributed by atoms with Crippen molar-refractivity contribution in [3.05, 3.63) is 82.3 Å². The molecule has 1 amide bonds. The zero-order valence-electron chi connectivity index (χ0n) is 18.0. The van der Waals surface area contributed by atoms with Crippen LogP contribution in [0.1, 0.15) is 36.3 Å². The third-order valence-corrected chi connectivity index (χ3v) is 6.85. The Bertz CT molecular complexity index is 1160. The molecule has 2 fully saturated rings. The summed E-state index contributed by atoms with van der Waals surface area (Å²) in [5.74, 6) is 0.154. The van der Waals surface area contributed by atoms with Gasteiger partial charge in [-0.05, 0) is 59.7 Å². The van der Waals surface area contributed by atoms with Crippen molar-refractivity contribution >= 4 is 16.7 Å². The molecule has 1 aromatic heterocycles. The molecule has 0 spiro atoms. The van der Waals surface area contributed by atoms with Gasteiger partial charge in [-0.25, -0.2) is 0 Å². The average molecular weight is 416 g/mol. The van der Waals surface area contributed by atoms with Gasteiger partial charge in [0.05, 0.1) is 5.92 Å². The monoisotopic (exact) mass is 415 g/mol. The largest absolute Gasteiger partial charge is 0.335 e. The van der Waals surface area contributed by atoms with Gasteiger partial charge in [0.15, 0.2) is 0 Å². The Morgan fingerprint density at radius 3 is 2.71 bits per heavy atom. The van der Waals surface area contributed by atoms with Gasteiger partial charge in [-0.1, -0.05) is 42.5 Å². The highest BCUT2D eigenvalue weighted by atomic mass is 16.2. The van der Waals surface area contributed by atoms with Crippen molar-refractivity contribution in [1.82, 2.24) is 14.8 Å². The van der Waals surface area contributed by atoms with Crippen LogP contribution in [0, 0.1) is 5.92 Å². The minimum Gasteiger partial charge on any atom is -0.335 e. The van der Waals surface area contributed by atoms with Crippen LogP contribution in [0.2, 0.25) is 0 Å². The number of fused-ring (bicyclic) bond motifs is 1. The zero-order valence-corrected chi connectivity index (χ0v) is 18.0. The number of carbonyl (C=O) groups excluding carboxylic acids is 1. The molecule has 1 aliphatic carbocycles. The second-order valence-electron chi connectivity index (χ2n) is 8.95. The van der Waals surface area contributed by atoms with Gasteiger partial charge in [-0.15, -0.1) is 0 Å². The second-order valence-corrected chi connectivity index (χ2v) is 8.95. The van der Waals surface area contributed by atoms with E-state index in [1.54, 1.807) is 17.7 Å². The van der Waals surface area contributed by atoms with Gasteiger partial charge in [0, 0.05) is 38.4 Å². The Kier molecular flexibility index (Phi) is 5.36. The number of aromatic nitrogens is 1. The number of hydrogen-bond acceptors (Lipinski definition) is 3. The predicted molar refractivity (Wildman–Crippen MR) is 123 cm³/mol. The molecule has 3 aromatic rings. The van der Waals surface area contributed by atoms with Crippen molar-refractivity contribution in [2.45, 2.75) is 37.8 Å². The van der Waals surface area contributed by atoms with E-state index in [1.807, 2.05) is 12.3 Å². The minimum atomic E-state index is -0.142. The molecular weight excluding hydrogens is 386 g/mol. The van der Waals surface area contributed by atoms with Gasteiger partial charge >= 0.3 is 0 Å². The Morgan fingerprint density at radius 1 is 1.10 bits per heavy atom. The van der Waals surface area contributed by atoms with Crippen molar-refractivity contribution in [3.8, 4) is 0 Å². The molecule has 2 heterocycles. The molecule has 160 valence electrons. The molecule has 1 saturated heterocycles. The van der Waals surface area contributed by atoms with Crippen molar-refractivity contribution in [3.63, 3.8) is 0 Å². The van der Waals surface area contributed by atoms with Crippen LogP contribution in [0.15, 0.2) is 65.6 Å². The van der Waals surface area contributed by atoms with Crippen LogP contribution in [0.4, 0.5) is 0 Å². The Hall–Kier alpha value is -2.92. The summed E-state index contributed by atoms with van der Waals surface area (Å²) in [7, 11) is 1.76. The Balaban J connectivity index is 1.45. The van der Waals surface area contributed by atoms with E-state index in [0.29, 0.717) is 19.1 Å². The summed E-state index contributed by atoms with van der Waals surface area (Å²) >= 11 is 0. The summed E-state index contributed by atoms with van der Waals surface area (Å²) in [6.45, 7) is 2.18. The van der Waals surface area contributed by atoms with Crippen molar-refractivity contribution in [2.24, 2.45) is 13.0 Å². The van der Waals surface area contributed by atoms with Crippen LogP contribution < -0.4 is 10.9 Å². The molecule has 0 unspecified atom stereocenters. The number of amides is 1. The quantitative estimate of drug-likeness (QED) is 0.695. The topological polar surface area (TPSA) is 54.3 Å². The SMILES string of the molecule is Cn1ccc([C@H]2CCNC[C@@H]2C(=O)N(Cc2cccc3ccccc23)C2CC2)cc1=O. The second kappa shape index (κ2) is 8.31. The lowest BCUT2D eigenvalue weighted by molar-refractivity contribution is -0.138. The van der Waals surface area contributed by atoms with E-state index in [1.165, 1.54) is 16.3 Å². The highest BCUT2D eigenvalue weighted by molar-refractivity contribution is 5.87. The van der Waals surface area contributed by atoms with Crippen LogP contribution in [0.3, 0.4) is 0 Å². The molecule has 5 heteroatoms. The maximum Gasteiger partial charge on any atom is 0.250 e. The molecule has 1 aliphatic heterocycles. The number of carbonyl (C=O) groups is 1. The first-order chi connectivity index (χ1) is 15.1. The van der Waals surface area contributed by atoms with Crippen molar-refractivity contribution in [1.29, 1.82) is 0 Å². The Labute approximate surface area is 182 Å². The highest BCUT2D eigenvalue weighted by Gasteiger charge is 2.40. The molecule has 5 rings (SSSR count). The maximum atomic E-state index is 13.9. The molecule has 2 aromatic carbocycles. The van der Waals surface area contributed by atoms with Crippen LogP contribution in [-0.4, -0.2) is 34.5 Å². The van der Waals surface area contributed by atoms with E-state index in [2.05, 4.69) is 52.7 Å². The van der Waals surface area contributed by atoms with Crippen LogP contribution >= 0.6 is 0 Å². The molecule has 1 saturated carbocycles. The normalized spacial score (nSPS) is 21.2. The number of nitrogens with one attached hydrogen (secondary N) is 1. The maximum absolute atomic E-state index is 13.9. The summed E-state index contributed by atoms with van der Waals surface area (Å²) in [5, 5.41) is 5.84. The molecular formula is C26H29N3O2. The zero-order chi connectivity index (χ0) is 21.4. The predicted octanol–water partition coefficient (Wildman–Crippen LogP) is 3.42. The third-order valence-electron chi connectivity index (χ3n) is 6.85. The number of nitrogens with zero attached hydrogens (tertiary/aromatic N) is 2. The third kappa shape index (κ3) is 4.02. The van der Waals surface area contributed by atoms with E-state index in [9.17, 15) is 9.59 Å². The number of piperidine rings is 1. The number of benzene rings is 2. The smallest absolute Gasteiger partial charge is 0.250 e. The summed E-state index contributed by atoms with van der Waals surface area (Å²) < 4.78 is 1.58. The molecule has 31 heavy (non-hydrogen) atoms. The summed E-state index contributed by atoms with van der Waals surface area (Å²) in [5.41, 5.74) is 2.17. The van der Waals surface area contributed by atoms with Gasteiger partial charge < -0.3 is 14.8 Å². The number of rotatable bonds is 5. The fourth-order valence-electron chi connectivity index (χ4n) is 4.91. The highest BCUT2D eigenvalue weighted by Crippen LogP contribution is 2.36. The molecule has 2 aliphatic rings. The lowest BCUT2D eigenvalue weighted by Crippen LogP contribution is -2.47. The standard InChI is InChI=1S/C26H29N3O2/c1-28-14-12-19(15-25(28)30)23-11-13-27-16-24(23)26(31)29(21-9-10-21)17-20-7-4-6-18-5-2-3-8-22(18)20/h2-8,12,14-15,21,23-24,27H,9-11,13,16-17H2,1H3/t23-,24+/m1/s1. The average Bonchev–Trinajstić information content (AvgIpc) is 3.64. The van der Waals surface area contributed by atoms with Gasteiger partial charge in [-0.3, -0.25) is 9.59 Å². The first-order valence-corrected chi connectivity index (χ1v) is 11.3. The van der Waals surface area contributed by atoms with Gasteiger partial charge in [0.2, 0.25) is 5.91 Å². The van der Waals surface area contributed by atoms with Crippen molar-refractivity contribution in [2.75, 3.05) is 13.1 Å². The van der Waals surface area contributed by atoms with Crippen LogP contribution in [0.5, 0.6) is 0 Å². The molecule has 1 N–H and O–H groups in total. The Morgan fingerprint density at radius 2 is 1.90 bits per heavy atom. The fourth-order valence-corrected chi connectivity index (χ4v) is 4.91. The fraction of sp³-hybridized carbons (Fsp3) is 0.385. The van der Waals surface area contributed by atoms with E-state index in [-0.39, 0.29) is 23.3 Å². The van der Waals surface area contributed by atoms with E-state index >= 15 is 0 Å². The number of aryl methyl sites for hydroxylation is 1. The number of hydrogen-bond donors (Lipinski definition) is 1. The van der Waals surface area contributed by atoms with E-state index < -0.39 is 0 Å². The first kappa shape index (κ1) is 20.0. The summed E-state index contributed by atoms with van der Waals surface area (Å²) in [6, 6.07) is 18.8. The molecule has 0 bridgehead atoms. The van der Waals surface area contributed by atoms with E-state index in [4.69, 9.17) is 0 Å². The van der Waals surface area contributed by atoms with Crippen molar-refractivity contribution < 1.29 is 4.79 Å². The minimum absolute atomic E-state index is 0.0166. The lowest BCUT2D eigenvalue weighted by Gasteiger charge is -2.36. The summed E-state index contributed by atoms with van der Waals surface area (Å²) in [6.07, 6.45) is 4.84. The van der Waals surface area contributed by atoms with Gasteiger partial charge in [0.1, 0.15) is 0 Å². The first-order valence-electron chi connectivity index (χ1n) is 11.3.